The quantitative estimate of drug-likeness (QED) is 0.775. The monoisotopic (exact) mass is 233 g/mol. The van der Waals surface area contributed by atoms with Crippen molar-refractivity contribution in [2.75, 3.05) is 25.6 Å². The van der Waals surface area contributed by atoms with Gasteiger partial charge in [0, 0.05) is 25.8 Å². The minimum atomic E-state index is 0.444. The van der Waals surface area contributed by atoms with Crippen LogP contribution in [-0.4, -0.2) is 30.4 Å². The minimum Gasteiger partial charge on any atom is -0.385 e. The van der Waals surface area contributed by atoms with E-state index in [2.05, 4.69) is 15.5 Å². The molecule has 90 valence electrons. The van der Waals surface area contributed by atoms with E-state index in [0.29, 0.717) is 18.4 Å². The number of hydrogen-bond donors (Lipinski definition) is 1. The summed E-state index contributed by atoms with van der Waals surface area (Å²) in [6.07, 6.45) is 0.902. The van der Waals surface area contributed by atoms with Gasteiger partial charge in [-0.3, -0.25) is 0 Å². The Morgan fingerprint density at radius 3 is 2.88 bits per heavy atom. The number of nitrogens with zero attached hydrogens (tertiary/aromatic N) is 2. The van der Waals surface area contributed by atoms with E-state index in [1.54, 1.807) is 7.11 Å². The number of hydrogen-bond acceptors (Lipinski definition) is 5. The van der Waals surface area contributed by atoms with Crippen molar-refractivity contribution in [2.45, 2.75) is 6.42 Å². The maximum absolute atomic E-state index is 5.09. The molecule has 0 aliphatic carbocycles. The second-order valence-electron chi connectivity index (χ2n) is 3.56. The lowest BCUT2D eigenvalue weighted by Gasteiger charge is -1.98. The Balaban J connectivity index is 1.92. The summed E-state index contributed by atoms with van der Waals surface area (Å²) in [6, 6.07) is 10.2. The van der Waals surface area contributed by atoms with Crippen LogP contribution in [0, 0.1) is 0 Å². The standard InChI is InChI=1S/C12H15N3O2/c1-16-9-5-8-13-12-14-11(15-17-12)10-6-3-2-4-7-10/h2-4,6-7H,5,8-9H2,1H3,(H,13,14,15). The van der Waals surface area contributed by atoms with Crippen molar-refractivity contribution in [3.05, 3.63) is 30.3 Å². The van der Waals surface area contributed by atoms with Crippen molar-refractivity contribution in [3.63, 3.8) is 0 Å². The summed E-state index contributed by atoms with van der Waals surface area (Å²) < 4.78 is 10.0. The number of anilines is 1. The smallest absolute Gasteiger partial charge is 0.321 e. The van der Waals surface area contributed by atoms with E-state index in [1.165, 1.54) is 0 Å². The first kappa shape index (κ1) is 11.6. The number of benzene rings is 1. The molecule has 0 atom stereocenters. The molecule has 0 aliphatic rings. The van der Waals surface area contributed by atoms with Gasteiger partial charge in [0.05, 0.1) is 0 Å². The molecule has 0 radical (unpaired) electrons. The normalized spacial score (nSPS) is 10.4. The van der Waals surface area contributed by atoms with E-state index in [4.69, 9.17) is 9.26 Å². The van der Waals surface area contributed by atoms with Gasteiger partial charge in [-0.25, -0.2) is 0 Å². The highest BCUT2D eigenvalue weighted by molar-refractivity contribution is 5.54. The highest BCUT2D eigenvalue weighted by Gasteiger charge is 2.06. The number of methoxy groups -OCH3 is 1. The lowest BCUT2D eigenvalue weighted by atomic mass is 10.2. The minimum absolute atomic E-state index is 0.444. The van der Waals surface area contributed by atoms with Crippen LogP contribution in [0.15, 0.2) is 34.9 Å². The van der Waals surface area contributed by atoms with E-state index >= 15 is 0 Å². The van der Waals surface area contributed by atoms with E-state index in [1.807, 2.05) is 30.3 Å². The number of nitrogens with one attached hydrogen (secondary N) is 1. The fraction of sp³-hybridized carbons (Fsp3) is 0.333. The van der Waals surface area contributed by atoms with Gasteiger partial charge in [-0.05, 0) is 6.42 Å². The van der Waals surface area contributed by atoms with E-state index < -0.39 is 0 Å². The molecule has 0 saturated carbocycles. The molecule has 5 nitrogen and oxygen atoms in total. The summed E-state index contributed by atoms with van der Waals surface area (Å²) >= 11 is 0. The third-order valence-corrected chi connectivity index (χ3v) is 2.26. The zero-order valence-electron chi connectivity index (χ0n) is 9.72. The van der Waals surface area contributed by atoms with Crippen LogP contribution in [0.25, 0.3) is 11.4 Å². The van der Waals surface area contributed by atoms with E-state index in [9.17, 15) is 0 Å². The zero-order chi connectivity index (χ0) is 11.9. The molecular formula is C12H15N3O2. The molecule has 0 saturated heterocycles. The molecule has 1 aromatic carbocycles. The summed E-state index contributed by atoms with van der Waals surface area (Å²) in [4.78, 5) is 4.25. The van der Waals surface area contributed by atoms with Gasteiger partial charge in [0.15, 0.2) is 0 Å². The average molecular weight is 233 g/mol. The molecule has 17 heavy (non-hydrogen) atoms. The fourth-order valence-electron chi connectivity index (χ4n) is 1.41. The molecular weight excluding hydrogens is 218 g/mol. The molecule has 0 bridgehead atoms. The van der Waals surface area contributed by atoms with Crippen LogP contribution in [0.3, 0.4) is 0 Å². The lowest BCUT2D eigenvalue weighted by molar-refractivity contribution is 0.197. The van der Waals surface area contributed by atoms with Crippen molar-refractivity contribution in [3.8, 4) is 11.4 Å². The molecule has 1 heterocycles. The number of ether oxygens (including phenoxy) is 1. The fourth-order valence-corrected chi connectivity index (χ4v) is 1.41. The molecule has 5 heteroatoms. The predicted octanol–water partition coefficient (Wildman–Crippen LogP) is 2.18. The molecule has 0 unspecified atom stereocenters. The Labute approximate surface area is 99.8 Å². The van der Waals surface area contributed by atoms with Crippen LogP contribution >= 0.6 is 0 Å². The topological polar surface area (TPSA) is 60.2 Å². The van der Waals surface area contributed by atoms with E-state index in [-0.39, 0.29) is 0 Å². The maximum Gasteiger partial charge on any atom is 0.321 e. The van der Waals surface area contributed by atoms with Crippen molar-refractivity contribution >= 4 is 6.01 Å². The van der Waals surface area contributed by atoms with E-state index in [0.717, 1.165) is 18.5 Å². The van der Waals surface area contributed by atoms with Crippen LogP contribution < -0.4 is 5.32 Å². The van der Waals surface area contributed by atoms with Gasteiger partial charge in [0.25, 0.3) is 0 Å². The SMILES string of the molecule is COCCCNc1nc(-c2ccccc2)no1. The summed E-state index contributed by atoms with van der Waals surface area (Å²) in [5.41, 5.74) is 0.946. The maximum atomic E-state index is 5.09. The Bertz CT molecular complexity index is 442. The number of rotatable bonds is 6. The molecule has 0 fully saturated rings. The summed E-state index contributed by atoms with van der Waals surface area (Å²) in [7, 11) is 1.68. The first-order valence-electron chi connectivity index (χ1n) is 5.52. The summed E-state index contributed by atoms with van der Waals surface area (Å²) in [5.74, 6) is 0.597. The predicted molar refractivity (Wildman–Crippen MR) is 64.7 cm³/mol. The molecule has 0 amide bonds. The van der Waals surface area contributed by atoms with Gasteiger partial charge in [0.1, 0.15) is 0 Å². The second-order valence-corrected chi connectivity index (χ2v) is 3.56. The Morgan fingerprint density at radius 2 is 2.12 bits per heavy atom. The van der Waals surface area contributed by atoms with Crippen LogP contribution in [0.1, 0.15) is 6.42 Å². The first-order valence-corrected chi connectivity index (χ1v) is 5.52. The second kappa shape index (κ2) is 6.00. The highest BCUT2D eigenvalue weighted by atomic mass is 16.5. The number of aromatic nitrogens is 2. The average Bonchev–Trinajstić information content (AvgIpc) is 2.85. The zero-order valence-corrected chi connectivity index (χ0v) is 9.72. The van der Waals surface area contributed by atoms with Gasteiger partial charge in [-0.2, -0.15) is 4.98 Å². The van der Waals surface area contributed by atoms with Crippen molar-refractivity contribution < 1.29 is 9.26 Å². The Kier molecular flexibility index (Phi) is 4.10. The van der Waals surface area contributed by atoms with Gasteiger partial charge in [-0.15, -0.1) is 0 Å². The Hall–Kier alpha value is -1.88. The molecule has 1 aromatic heterocycles. The van der Waals surface area contributed by atoms with Gasteiger partial charge in [-0.1, -0.05) is 35.5 Å². The molecule has 0 aliphatic heterocycles. The van der Waals surface area contributed by atoms with Gasteiger partial charge in [0.2, 0.25) is 5.82 Å². The largest absolute Gasteiger partial charge is 0.385 e. The van der Waals surface area contributed by atoms with Crippen LogP contribution in [0.2, 0.25) is 0 Å². The van der Waals surface area contributed by atoms with Gasteiger partial charge >= 0.3 is 6.01 Å². The molecule has 2 rings (SSSR count). The summed E-state index contributed by atoms with van der Waals surface area (Å²) in [6.45, 7) is 1.47. The first-order chi connectivity index (χ1) is 8.40. The van der Waals surface area contributed by atoms with Crippen molar-refractivity contribution in [1.29, 1.82) is 0 Å². The summed E-state index contributed by atoms with van der Waals surface area (Å²) in [5, 5.41) is 6.95. The Morgan fingerprint density at radius 1 is 1.29 bits per heavy atom. The van der Waals surface area contributed by atoms with Crippen LogP contribution in [0.4, 0.5) is 6.01 Å². The third-order valence-electron chi connectivity index (χ3n) is 2.26. The third kappa shape index (κ3) is 3.29. The molecule has 1 N–H and O–H groups in total. The van der Waals surface area contributed by atoms with Crippen LogP contribution in [0.5, 0.6) is 0 Å². The van der Waals surface area contributed by atoms with Crippen molar-refractivity contribution in [2.24, 2.45) is 0 Å². The van der Waals surface area contributed by atoms with Gasteiger partial charge < -0.3 is 14.6 Å². The highest BCUT2D eigenvalue weighted by Crippen LogP contribution is 2.16. The van der Waals surface area contributed by atoms with Crippen molar-refractivity contribution in [1.82, 2.24) is 10.1 Å². The lowest BCUT2D eigenvalue weighted by Crippen LogP contribution is -2.04. The molecule has 2 aromatic rings. The van der Waals surface area contributed by atoms with Crippen LogP contribution in [-0.2, 0) is 4.74 Å². The molecule has 0 spiro atoms.